The van der Waals surface area contributed by atoms with Gasteiger partial charge in [-0.05, 0) is 23.8 Å². The molecular formula is C21H26N4O2. The van der Waals surface area contributed by atoms with Crippen LogP contribution in [0.3, 0.4) is 0 Å². The number of anilines is 1. The highest BCUT2D eigenvalue weighted by molar-refractivity contribution is 5.78. The monoisotopic (exact) mass is 366 g/mol. The molecule has 0 aliphatic carbocycles. The molecule has 0 amide bonds. The molecule has 0 saturated carbocycles. The Morgan fingerprint density at radius 3 is 2.85 bits per heavy atom. The molecule has 0 bridgehead atoms. The van der Waals surface area contributed by atoms with Crippen molar-refractivity contribution >= 4 is 11.6 Å². The van der Waals surface area contributed by atoms with E-state index in [0.29, 0.717) is 19.1 Å². The lowest BCUT2D eigenvalue weighted by molar-refractivity contribution is 0.122. The lowest BCUT2D eigenvalue weighted by Gasteiger charge is -2.29. The van der Waals surface area contributed by atoms with Gasteiger partial charge in [-0.2, -0.15) is 0 Å². The molecule has 6 heteroatoms. The Kier molecular flexibility index (Phi) is 5.44. The molecule has 1 fully saturated rings. The van der Waals surface area contributed by atoms with Crippen LogP contribution in [-0.4, -0.2) is 38.9 Å². The normalized spacial score (nSPS) is 19.9. The maximum absolute atomic E-state index is 6.16. The number of ether oxygens (including phenoxy) is 2. The van der Waals surface area contributed by atoms with Crippen LogP contribution < -0.4 is 20.7 Å². The zero-order chi connectivity index (χ0) is 18.5. The van der Waals surface area contributed by atoms with Gasteiger partial charge in [0.2, 0.25) is 0 Å². The Hall–Kier alpha value is -2.73. The number of nitrogens with one attached hydrogen (secondary N) is 1. The Morgan fingerprint density at radius 2 is 1.96 bits per heavy atom. The first-order chi connectivity index (χ1) is 13.3. The molecular weight excluding hydrogens is 340 g/mol. The predicted octanol–water partition coefficient (Wildman–Crippen LogP) is 2.45. The summed E-state index contributed by atoms with van der Waals surface area (Å²) in [7, 11) is 0. The average Bonchev–Trinajstić information content (AvgIpc) is 2.73. The number of rotatable bonds is 4. The average molecular weight is 366 g/mol. The van der Waals surface area contributed by atoms with Gasteiger partial charge in [0, 0.05) is 30.8 Å². The third-order valence-corrected chi connectivity index (χ3v) is 5.00. The topological polar surface area (TPSA) is 72.1 Å². The second-order valence-corrected chi connectivity index (χ2v) is 6.84. The van der Waals surface area contributed by atoms with Crippen LogP contribution in [0.2, 0.25) is 0 Å². The lowest BCUT2D eigenvalue weighted by Crippen LogP contribution is -2.37. The van der Waals surface area contributed by atoms with E-state index in [2.05, 4.69) is 45.5 Å². The highest BCUT2D eigenvalue weighted by Crippen LogP contribution is 2.31. The van der Waals surface area contributed by atoms with Crippen LogP contribution in [0.25, 0.3) is 0 Å². The van der Waals surface area contributed by atoms with Crippen molar-refractivity contribution in [2.45, 2.75) is 19.0 Å². The maximum atomic E-state index is 6.16. The molecule has 2 aromatic rings. The first-order valence-corrected chi connectivity index (χ1v) is 9.49. The summed E-state index contributed by atoms with van der Waals surface area (Å²) in [6.07, 6.45) is 0.875. The highest BCUT2D eigenvalue weighted by atomic mass is 16.5. The van der Waals surface area contributed by atoms with Crippen molar-refractivity contribution in [2.75, 3.05) is 37.8 Å². The third-order valence-electron chi connectivity index (χ3n) is 5.00. The number of hydrogen-bond donors (Lipinski definition) is 2. The number of nitrogens with two attached hydrogens (primary N) is 1. The van der Waals surface area contributed by atoms with Crippen LogP contribution >= 0.6 is 0 Å². The minimum absolute atomic E-state index is 0.137. The minimum atomic E-state index is 0.137. The van der Waals surface area contributed by atoms with Gasteiger partial charge in [0.15, 0.2) is 5.96 Å². The van der Waals surface area contributed by atoms with Crippen molar-refractivity contribution < 1.29 is 9.47 Å². The number of benzene rings is 2. The Labute approximate surface area is 160 Å². The van der Waals surface area contributed by atoms with E-state index in [1.807, 2.05) is 18.2 Å². The maximum Gasteiger partial charge on any atom is 0.189 e. The predicted molar refractivity (Wildman–Crippen MR) is 107 cm³/mol. The molecule has 6 nitrogen and oxygen atoms in total. The first kappa shape index (κ1) is 17.7. The van der Waals surface area contributed by atoms with Gasteiger partial charge in [-0.15, -0.1) is 0 Å². The SMILES string of the molecule is NC(=NCc1cccc(N2CCOCC2)c1)NC1CCOc2ccccc21. The van der Waals surface area contributed by atoms with E-state index in [0.717, 1.165) is 49.6 Å². The van der Waals surface area contributed by atoms with Gasteiger partial charge in [-0.25, -0.2) is 4.99 Å². The van der Waals surface area contributed by atoms with Crippen molar-refractivity contribution in [2.24, 2.45) is 10.7 Å². The molecule has 0 spiro atoms. The zero-order valence-corrected chi connectivity index (χ0v) is 15.4. The van der Waals surface area contributed by atoms with Crippen LogP contribution in [-0.2, 0) is 11.3 Å². The molecule has 142 valence electrons. The summed E-state index contributed by atoms with van der Waals surface area (Å²) in [5.41, 5.74) is 9.66. The molecule has 3 N–H and O–H groups in total. The third kappa shape index (κ3) is 4.34. The first-order valence-electron chi connectivity index (χ1n) is 9.49. The van der Waals surface area contributed by atoms with Crippen molar-refractivity contribution in [1.29, 1.82) is 0 Å². The molecule has 1 saturated heterocycles. The van der Waals surface area contributed by atoms with E-state index in [9.17, 15) is 0 Å². The molecule has 2 aromatic carbocycles. The van der Waals surface area contributed by atoms with Crippen molar-refractivity contribution in [3.8, 4) is 5.75 Å². The van der Waals surface area contributed by atoms with E-state index in [1.54, 1.807) is 0 Å². The van der Waals surface area contributed by atoms with Gasteiger partial charge in [0.25, 0.3) is 0 Å². The van der Waals surface area contributed by atoms with Gasteiger partial charge in [-0.1, -0.05) is 30.3 Å². The molecule has 27 heavy (non-hydrogen) atoms. The Morgan fingerprint density at radius 1 is 1.11 bits per heavy atom. The summed E-state index contributed by atoms with van der Waals surface area (Å²) < 4.78 is 11.1. The molecule has 0 radical (unpaired) electrons. The Bertz CT molecular complexity index is 802. The smallest absolute Gasteiger partial charge is 0.189 e. The second kappa shape index (κ2) is 8.31. The van der Waals surface area contributed by atoms with Gasteiger partial charge in [0.1, 0.15) is 5.75 Å². The zero-order valence-electron chi connectivity index (χ0n) is 15.4. The van der Waals surface area contributed by atoms with Gasteiger partial charge < -0.3 is 25.4 Å². The van der Waals surface area contributed by atoms with E-state index >= 15 is 0 Å². The van der Waals surface area contributed by atoms with Crippen LogP contribution in [0.15, 0.2) is 53.5 Å². The number of fused-ring (bicyclic) bond motifs is 1. The standard InChI is InChI=1S/C21H26N4O2/c22-21(24-19-8-11-27-20-7-2-1-6-18(19)20)23-15-16-4-3-5-17(14-16)25-9-12-26-13-10-25/h1-7,14,19H,8-13,15H2,(H3,22,23,24). The summed E-state index contributed by atoms with van der Waals surface area (Å²) in [6, 6.07) is 16.7. The summed E-state index contributed by atoms with van der Waals surface area (Å²) in [6.45, 7) is 4.67. The van der Waals surface area contributed by atoms with Crippen LogP contribution in [0.4, 0.5) is 5.69 Å². The highest BCUT2D eigenvalue weighted by Gasteiger charge is 2.21. The number of para-hydroxylation sites is 1. The van der Waals surface area contributed by atoms with Crippen LogP contribution in [0.5, 0.6) is 5.75 Å². The number of hydrogen-bond acceptors (Lipinski definition) is 4. The number of guanidine groups is 1. The number of aliphatic imine (C=N–C) groups is 1. The van der Waals surface area contributed by atoms with E-state index in [-0.39, 0.29) is 6.04 Å². The van der Waals surface area contributed by atoms with E-state index in [4.69, 9.17) is 15.2 Å². The molecule has 2 heterocycles. The van der Waals surface area contributed by atoms with Crippen LogP contribution in [0, 0.1) is 0 Å². The molecule has 4 rings (SSSR count). The summed E-state index contributed by atoms with van der Waals surface area (Å²) in [4.78, 5) is 6.89. The van der Waals surface area contributed by atoms with Crippen LogP contribution in [0.1, 0.15) is 23.6 Å². The minimum Gasteiger partial charge on any atom is -0.493 e. The molecule has 1 atom stereocenters. The van der Waals surface area contributed by atoms with Gasteiger partial charge in [-0.3, -0.25) is 0 Å². The quantitative estimate of drug-likeness (QED) is 0.642. The Balaban J connectivity index is 1.40. The number of nitrogens with zero attached hydrogens (tertiary/aromatic N) is 2. The summed E-state index contributed by atoms with van der Waals surface area (Å²) in [5, 5.41) is 3.34. The fraction of sp³-hybridized carbons (Fsp3) is 0.381. The molecule has 0 aromatic heterocycles. The van der Waals surface area contributed by atoms with Crippen molar-refractivity contribution in [1.82, 2.24) is 5.32 Å². The number of morpholine rings is 1. The largest absolute Gasteiger partial charge is 0.493 e. The summed E-state index contributed by atoms with van der Waals surface area (Å²) >= 11 is 0. The second-order valence-electron chi connectivity index (χ2n) is 6.84. The lowest BCUT2D eigenvalue weighted by atomic mass is 10.0. The van der Waals surface area contributed by atoms with Crippen molar-refractivity contribution in [3.05, 3.63) is 59.7 Å². The summed E-state index contributed by atoms with van der Waals surface area (Å²) in [5.74, 6) is 1.39. The molecule has 2 aliphatic rings. The van der Waals surface area contributed by atoms with Gasteiger partial charge in [0.05, 0.1) is 32.4 Å². The van der Waals surface area contributed by atoms with Gasteiger partial charge >= 0.3 is 0 Å². The molecule has 2 aliphatic heterocycles. The van der Waals surface area contributed by atoms with E-state index < -0.39 is 0 Å². The van der Waals surface area contributed by atoms with E-state index in [1.165, 1.54) is 5.69 Å². The van der Waals surface area contributed by atoms with Crippen molar-refractivity contribution in [3.63, 3.8) is 0 Å². The fourth-order valence-corrected chi connectivity index (χ4v) is 3.57. The fourth-order valence-electron chi connectivity index (χ4n) is 3.57. The molecule has 1 unspecified atom stereocenters.